The molecule has 13 heavy (non-hydrogen) atoms. The first-order valence-corrected chi connectivity index (χ1v) is 3.26. The number of aliphatic imine (C=N–C) groups is 1. The van der Waals surface area contributed by atoms with Crippen LogP contribution in [0.15, 0.2) is 17.3 Å². The molecule has 3 N–H and O–H groups in total. The van der Waals surface area contributed by atoms with E-state index in [1.165, 1.54) is 0 Å². The molecule has 0 atom stereocenters. The lowest BCUT2D eigenvalue weighted by atomic mass is 10.4. The highest BCUT2D eigenvalue weighted by atomic mass is 16.6. The highest BCUT2D eigenvalue weighted by Crippen LogP contribution is 2.12. The summed E-state index contributed by atoms with van der Waals surface area (Å²) in [5.74, 6) is -0.643. The lowest BCUT2D eigenvalue weighted by Crippen LogP contribution is -1.99. The number of H-pyrrole nitrogens is 1. The van der Waals surface area contributed by atoms with E-state index in [9.17, 15) is 14.9 Å². The fourth-order valence-corrected chi connectivity index (χ4v) is 0.749. The molecule has 0 aliphatic heterocycles. The van der Waals surface area contributed by atoms with Gasteiger partial charge in [0.15, 0.2) is 0 Å². The van der Waals surface area contributed by atoms with Crippen LogP contribution in [-0.4, -0.2) is 22.2 Å². The first-order valence-electron chi connectivity index (χ1n) is 3.26. The molecule has 7 heteroatoms. The smallest absolute Gasteiger partial charge is 0.295 e. The highest BCUT2D eigenvalue weighted by Gasteiger charge is 2.12. The molecule has 1 aromatic heterocycles. The topological polar surface area (TPSA) is 114 Å². The number of aromatic amines is 1. The van der Waals surface area contributed by atoms with E-state index >= 15 is 0 Å². The predicted molar refractivity (Wildman–Crippen MR) is 44.5 cm³/mol. The molecule has 0 saturated heterocycles. The minimum Gasteiger partial charge on any atom is -0.390 e. The summed E-state index contributed by atoms with van der Waals surface area (Å²) < 4.78 is 0. The second kappa shape index (κ2) is 3.48. The summed E-state index contributed by atoms with van der Waals surface area (Å²) in [5.41, 5.74) is 4.72. The van der Waals surface area contributed by atoms with Gasteiger partial charge in [0.1, 0.15) is 5.69 Å². The van der Waals surface area contributed by atoms with Crippen molar-refractivity contribution in [2.24, 2.45) is 10.7 Å². The second-order valence-electron chi connectivity index (χ2n) is 2.11. The van der Waals surface area contributed by atoms with Crippen molar-refractivity contribution < 1.29 is 9.72 Å². The van der Waals surface area contributed by atoms with E-state index in [2.05, 4.69) is 9.98 Å². The highest BCUT2D eigenvalue weighted by molar-refractivity contribution is 5.97. The van der Waals surface area contributed by atoms with Crippen molar-refractivity contribution >= 4 is 17.9 Å². The molecule has 0 fully saturated rings. The number of nitrogens with zero attached hydrogens (tertiary/aromatic N) is 2. The molecular formula is C6H6N4O3. The molecule has 0 unspecified atom stereocenters. The van der Waals surface area contributed by atoms with Gasteiger partial charge >= 0.3 is 0 Å². The Balaban J connectivity index is 2.92. The summed E-state index contributed by atoms with van der Waals surface area (Å²) in [6.07, 6.45) is 1.94. The number of nitrogens with one attached hydrogen (secondary N) is 1. The molecule has 0 saturated carbocycles. The Morgan fingerprint density at radius 2 is 2.46 bits per heavy atom. The van der Waals surface area contributed by atoms with Crippen LogP contribution in [0.5, 0.6) is 0 Å². The number of hydrogen-bond acceptors (Lipinski definition) is 3. The summed E-state index contributed by atoms with van der Waals surface area (Å²) >= 11 is 0. The number of hydrogen-bond donors (Lipinski definition) is 2. The maximum absolute atomic E-state index is 10.9. The number of nitro groups is 1. The van der Waals surface area contributed by atoms with Gasteiger partial charge in [-0.2, -0.15) is 4.99 Å². The monoisotopic (exact) mass is 182 g/mol. The lowest BCUT2D eigenvalue weighted by molar-refractivity contribution is -0.384. The number of amides is 1. The third-order valence-corrected chi connectivity index (χ3v) is 1.30. The Bertz CT molecular complexity index is 368. The van der Waals surface area contributed by atoms with Gasteiger partial charge in [0.2, 0.25) is 0 Å². The molecule has 0 bridgehead atoms. The number of carbonyl (C=O) groups excluding carboxylic acids is 1. The molecule has 0 radical (unpaired) electrons. The zero-order chi connectivity index (χ0) is 9.84. The van der Waals surface area contributed by atoms with Gasteiger partial charge in [-0.25, -0.2) is 0 Å². The summed E-state index contributed by atoms with van der Waals surface area (Å²) in [4.78, 5) is 26.2. The Labute approximate surface area is 72.4 Å². The van der Waals surface area contributed by atoms with Crippen molar-refractivity contribution in [3.05, 3.63) is 28.1 Å². The predicted octanol–water partition coefficient (Wildman–Crippen LogP) is 0.0501. The average Bonchev–Trinajstić information content (AvgIpc) is 2.52. The third-order valence-electron chi connectivity index (χ3n) is 1.30. The molecule has 0 spiro atoms. The first kappa shape index (κ1) is 8.91. The Kier molecular flexibility index (Phi) is 2.38. The van der Waals surface area contributed by atoms with Crippen LogP contribution in [-0.2, 0) is 0 Å². The van der Waals surface area contributed by atoms with Crippen LogP contribution in [0.2, 0.25) is 0 Å². The van der Waals surface area contributed by atoms with Gasteiger partial charge in [-0.15, -0.1) is 0 Å². The van der Waals surface area contributed by atoms with Crippen molar-refractivity contribution in [1.82, 2.24) is 4.98 Å². The molecule has 68 valence electrons. The minimum absolute atomic E-state index is 0.0356. The maximum Gasteiger partial charge on any atom is 0.295 e. The summed E-state index contributed by atoms with van der Waals surface area (Å²) in [7, 11) is 0. The third kappa shape index (κ3) is 1.89. The fraction of sp³-hybridized carbons (Fsp3) is 0. The van der Waals surface area contributed by atoms with Crippen LogP contribution < -0.4 is 5.73 Å². The van der Waals surface area contributed by atoms with Crippen LogP contribution in [0.25, 0.3) is 0 Å². The first-order chi connectivity index (χ1) is 6.15. The molecule has 0 aliphatic carbocycles. The lowest BCUT2D eigenvalue weighted by Gasteiger charge is -1.84. The second-order valence-corrected chi connectivity index (χ2v) is 2.11. The van der Waals surface area contributed by atoms with E-state index in [1.54, 1.807) is 0 Å². The van der Waals surface area contributed by atoms with Gasteiger partial charge in [-0.05, 0) is 0 Å². The quantitative estimate of drug-likeness (QED) is 0.291. The molecule has 1 heterocycles. The van der Waals surface area contributed by atoms with Gasteiger partial charge in [0.05, 0.1) is 17.5 Å². The number of nitrogens with two attached hydrogens (primary N) is 1. The molecule has 1 amide bonds. The Morgan fingerprint density at radius 1 is 1.77 bits per heavy atom. The van der Waals surface area contributed by atoms with Crippen molar-refractivity contribution in [3.8, 4) is 0 Å². The zero-order valence-corrected chi connectivity index (χ0v) is 6.43. The van der Waals surface area contributed by atoms with E-state index in [0.29, 0.717) is 0 Å². The number of aromatic nitrogens is 1. The van der Waals surface area contributed by atoms with E-state index < -0.39 is 10.8 Å². The number of carbonyl (C=O) groups is 1. The fourth-order valence-electron chi connectivity index (χ4n) is 0.749. The molecule has 0 aromatic carbocycles. The van der Waals surface area contributed by atoms with Gasteiger partial charge in [-0.3, -0.25) is 14.9 Å². The van der Waals surface area contributed by atoms with Gasteiger partial charge in [0.25, 0.3) is 11.6 Å². The van der Waals surface area contributed by atoms with Crippen molar-refractivity contribution in [1.29, 1.82) is 0 Å². The largest absolute Gasteiger partial charge is 0.390 e. The molecule has 7 nitrogen and oxygen atoms in total. The van der Waals surface area contributed by atoms with E-state index in [0.717, 1.165) is 18.6 Å². The molecular weight excluding hydrogens is 176 g/mol. The van der Waals surface area contributed by atoms with Crippen molar-refractivity contribution in [2.45, 2.75) is 0 Å². The maximum atomic E-state index is 10.9. The van der Waals surface area contributed by atoms with Crippen LogP contribution in [0, 0.1) is 10.1 Å². The summed E-state index contributed by atoms with van der Waals surface area (Å²) in [6.45, 7) is 0. The van der Waals surface area contributed by atoms with E-state index in [1.807, 2.05) is 0 Å². The van der Waals surface area contributed by atoms with E-state index in [-0.39, 0.29) is 11.4 Å². The van der Waals surface area contributed by atoms with Crippen LogP contribution >= 0.6 is 0 Å². The van der Waals surface area contributed by atoms with Gasteiger partial charge in [-0.1, -0.05) is 0 Å². The minimum atomic E-state index is -0.643. The normalized spacial score (nSPS) is 10.5. The van der Waals surface area contributed by atoms with Crippen LogP contribution in [0.3, 0.4) is 0 Å². The summed E-state index contributed by atoms with van der Waals surface area (Å²) in [5, 5.41) is 10.2. The van der Waals surface area contributed by atoms with Gasteiger partial charge in [0, 0.05) is 6.07 Å². The van der Waals surface area contributed by atoms with Gasteiger partial charge < -0.3 is 10.7 Å². The molecule has 1 rings (SSSR count). The number of rotatable bonds is 2. The standard InChI is InChI=1S/C6H6N4O3/c7-3-9-6(11)5-1-4(2-8-5)10(12)13/h1-3,8H,(H2,7,9,11). The Morgan fingerprint density at radius 3 is 2.92 bits per heavy atom. The van der Waals surface area contributed by atoms with Crippen molar-refractivity contribution in [3.63, 3.8) is 0 Å². The van der Waals surface area contributed by atoms with Crippen LogP contribution in [0.4, 0.5) is 5.69 Å². The molecule has 1 aromatic rings. The van der Waals surface area contributed by atoms with Crippen LogP contribution in [0.1, 0.15) is 10.5 Å². The molecule has 0 aliphatic rings. The zero-order valence-electron chi connectivity index (χ0n) is 6.43. The summed E-state index contributed by atoms with van der Waals surface area (Å²) in [6, 6.07) is 1.09. The van der Waals surface area contributed by atoms with E-state index in [4.69, 9.17) is 5.73 Å². The average molecular weight is 182 g/mol. The SMILES string of the molecule is NC=NC(=O)c1cc([N+](=O)[O-])c[nH]1. The van der Waals surface area contributed by atoms with Crippen molar-refractivity contribution in [2.75, 3.05) is 0 Å². The Hall–Kier alpha value is -2.18.